The summed E-state index contributed by atoms with van der Waals surface area (Å²) in [6.07, 6.45) is 2.27. The second-order valence-electron chi connectivity index (χ2n) is 5.71. The third-order valence-electron chi connectivity index (χ3n) is 3.90. The van der Waals surface area contributed by atoms with Crippen LogP contribution in [-0.2, 0) is 6.42 Å². The summed E-state index contributed by atoms with van der Waals surface area (Å²) in [5.74, 6) is -0.989. The van der Waals surface area contributed by atoms with Crippen LogP contribution in [0.3, 0.4) is 0 Å². The number of hydrogen-bond acceptors (Lipinski definition) is 1. The van der Waals surface area contributed by atoms with E-state index in [1.165, 1.54) is 12.1 Å². The summed E-state index contributed by atoms with van der Waals surface area (Å²) < 4.78 is 30.0. The monoisotopic (exact) mass is 300 g/mol. The van der Waals surface area contributed by atoms with Crippen LogP contribution in [0.25, 0.3) is 22.0 Å². The molecule has 0 aliphatic heterocycles. The van der Waals surface area contributed by atoms with Crippen LogP contribution in [0.1, 0.15) is 32.4 Å². The Morgan fingerprint density at radius 1 is 1.14 bits per heavy atom. The zero-order chi connectivity index (χ0) is 15.9. The molecule has 0 aliphatic rings. The minimum Gasteiger partial charge on any atom is -0.269 e. The second-order valence-corrected chi connectivity index (χ2v) is 5.71. The van der Waals surface area contributed by atoms with Gasteiger partial charge in [-0.15, -0.1) is 0 Å². The molecule has 0 unspecified atom stereocenters. The molecule has 0 spiro atoms. The molecule has 22 heavy (non-hydrogen) atoms. The maximum atomic E-state index is 14.1. The Hall–Kier alpha value is -2.23. The highest BCUT2D eigenvalue weighted by atomic mass is 19.1. The molecule has 0 atom stereocenters. The molecule has 3 aromatic rings. The molecule has 114 valence electrons. The summed E-state index contributed by atoms with van der Waals surface area (Å²) in [4.78, 5) is 0. The van der Waals surface area contributed by atoms with Gasteiger partial charge in [-0.3, -0.25) is 4.68 Å². The Morgan fingerprint density at radius 3 is 2.41 bits per heavy atom. The van der Waals surface area contributed by atoms with E-state index in [2.05, 4.69) is 5.10 Å². The first-order valence-electron chi connectivity index (χ1n) is 7.47. The minimum absolute atomic E-state index is 0.133. The van der Waals surface area contributed by atoms with Gasteiger partial charge in [0.15, 0.2) is 0 Å². The van der Waals surface area contributed by atoms with Crippen molar-refractivity contribution in [2.24, 2.45) is 0 Å². The van der Waals surface area contributed by atoms with Gasteiger partial charge in [-0.25, -0.2) is 8.78 Å². The highest BCUT2D eigenvalue weighted by Gasteiger charge is 2.14. The third-order valence-corrected chi connectivity index (χ3v) is 3.90. The summed E-state index contributed by atoms with van der Waals surface area (Å²) in [6.45, 7) is 5.83. The Bertz CT molecular complexity index is 811. The van der Waals surface area contributed by atoms with E-state index in [1.807, 2.05) is 42.9 Å². The molecule has 0 radical (unpaired) electrons. The molecular formula is C18H18F2N2. The van der Waals surface area contributed by atoms with Gasteiger partial charge in [0.05, 0.1) is 5.52 Å². The molecular weight excluding hydrogens is 282 g/mol. The molecule has 0 saturated heterocycles. The Labute approximate surface area is 128 Å². The number of hydrogen-bond donors (Lipinski definition) is 0. The highest BCUT2D eigenvalue weighted by Crippen LogP contribution is 2.31. The topological polar surface area (TPSA) is 17.8 Å². The number of benzene rings is 2. The van der Waals surface area contributed by atoms with Crippen LogP contribution >= 0.6 is 0 Å². The Balaban J connectivity index is 2.22. The zero-order valence-electron chi connectivity index (χ0n) is 12.9. The highest BCUT2D eigenvalue weighted by molar-refractivity contribution is 5.94. The molecule has 0 aliphatic carbocycles. The van der Waals surface area contributed by atoms with E-state index in [9.17, 15) is 8.78 Å². The van der Waals surface area contributed by atoms with E-state index in [0.29, 0.717) is 12.0 Å². The molecule has 0 amide bonds. The number of rotatable bonds is 3. The average Bonchev–Trinajstić information content (AvgIpc) is 2.91. The number of fused-ring (bicyclic) bond motifs is 1. The van der Waals surface area contributed by atoms with Crippen LogP contribution < -0.4 is 0 Å². The van der Waals surface area contributed by atoms with Gasteiger partial charge in [0.2, 0.25) is 0 Å². The normalized spacial score (nSPS) is 11.5. The van der Waals surface area contributed by atoms with E-state index in [4.69, 9.17) is 0 Å². The fourth-order valence-corrected chi connectivity index (χ4v) is 2.67. The molecule has 1 heterocycles. The molecule has 0 N–H and O–H groups in total. The van der Waals surface area contributed by atoms with E-state index >= 15 is 0 Å². The van der Waals surface area contributed by atoms with Gasteiger partial charge < -0.3 is 0 Å². The first-order valence-corrected chi connectivity index (χ1v) is 7.47. The van der Waals surface area contributed by atoms with Crippen LogP contribution in [0.2, 0.25) is 0 Å². The lowest BCUT2D eigenvalue weighted by atomic mass is 9.99. The van der Waals surface area contributed by atoms with Crippen molar-refractivity contribution in [2.75, 3.05) is 0 Å². The quantitative estimate of drug-likeness (QED) is 0.656. The van der Waals surface area contributed by atoms with Crippen molar-refractivity contribution in [3.63, 3.8) is 0 Å². The van der Waals surface area contributed by atoms with Gasteiger partial charge in [-0.2, -0.15) is 5.10 Å². The molecule has 0 bridgehead atoms. The van der Waals surface area contributed by atoms with Gasteiger partial charge in [0.25, 0.3) is 0 Å². The van der Waals surface area contributed by atoms with Crippen molar-refractivity contribution < 1.29 is 8.78 Å². The minimum atomic E-state index is -0.495. The zero-order valence-corrected chi connectivity index (χ0v) is 12.9. The lowest BCUT2D eigenvalue weighted by molar-refractivity contribution is 0.537. The smallest absolute Gasteiger partial charge is 0.129 e. The van der Waals surface area contributed by atoms with E-state index in [1.54, 1.807) is 6.92 Å². The van der Waals surface area contributed by atoms with Crippen molar-refractivity contribution in [1.82, 2.24) is 9.78 Å². The van der Waals surface area contributed by atoms with Gasteiger partial charge >= 0.3 is 0 Å². The van der Waals surface area contributed by atoms with Crippen LogP contribution in [-0.4, -0.2) is 9.78 Å². The van der Waals surface area contributed by atoms with Gasteiger partial charge in [-0.1, -0.05) is 19.1 Å². The largest absolute Gasteiger partial charge is 0.269 e. The van der Waals surface area contributed by atoms with Crippen molar-refractivity contribution in [1.29, 1.82) is 0 Å². The first-order chi connectivity index (χ1) is 10.5. The Morgan fingerprint density at radius 2 is 1.82 bits per heavy atom. The van der Waals surface area contributed by atoms with Gasteiger partial charge in [0, 0.05) is 23.2 Å². The summed E-state index contributed by atoms with van der Waals surface area (Å²) in [7, 11) is 0. The molecule has 0 saturated carbocycles. The molecule has 2 nitrogen and oxygen atoms in total. The van der Waals surface area contributed by atoms with Crippen molar-refractivity contribution in [3.05, 3.63) is 53.7 Å². The average molecular weight is 300 g/mol. The molecule has 2 aromatic carbocycles. The predicted molar refractivity (Wildman–Crippen MR) is 84.8 cm³/mol. The standard InChI is InChI=1S/C18H18F2N2/c1-4-13-16(19)8-12(9-17(13)20)14-6-5-7-18-15(14)10-22(21-18)11(2)3/h5-11H,4H2,1-3H3. The summed E-state index contributed by atoms with van der Waals surface area (Å²) in [5, 5.41) is 5.41. The van der Waals surface area contributed by atoms with Crippen molar-refractivity contribution >= 4 is 10.9 Å². The molecule has 1 aromatic heterocycles. The SMILES string of the molecule is CCc1c(F)cc(-c2cccc3nn(C(C)C)cc23)cc1F. The fraction of sp³-hybridized carbons (Fsp3) is 0.278. The second kappa shape index (κ2) is 5.52. The number of nitrogens with zero attached hydrogens (tertiary/aromatic N) is 2. The maximum Gasteiger partial charge on any atom is 0.129 e. The van der Waals surface area contributed by atoms with Crippen molar-refractivity contribution in [2.45, 2.75) is 33.2 Å². The van der Waals surface area contributed by atoms with Gasteiger partial charge in [-0.05, 0) is 49.6 Å². The van der Waals surface area contributed by atoms with Crippen LogP contribution in [0, 0.1) is 11.6 Å². The summed E-state index contributed by atoms with van der Waals surface area (Å²) in [6, 6.07) is 8.68. The van der Waals surface area contributed by atoms with Crippen LogP contribution in [0.15, 0.2) is 36.5 Å². The third kappa shape index (κ3) is 2.39. The molecule has 4 heteroatoms. The lowest BCUT2D eigenvalue weighted by Gasteiger charge is -2.08. The summed E-state index contributed by atoms with van der Waals surface area (Å²) in [5.41, 5.74) is 2.30. The predicted octanol–water partition coefficient (Wildman–Crippen LogP) is 5.12. The van der Waals surface area contributed by atoms with Gasteiger partial charge in [0.1, 0.15) is 11.6 Å². The first kappa shape index (κ1) is 14.7. The van der Waals surface area contributed by atoms with E-state index in [-0.39, 0.29) is 11.6 Å². The lowest BCUT2D eigenvalue weighted by Crippen LogP contribution is -1.99. The van der Waals surface area contributed by atoms with Crippen LogP contribution in [0.5, 0.6) is 0 Å². The molecule has 0 fully saturated rings. The molecule has 3 rings (SSSR count). The number of halogens is 2. The maximum absolute atomic E-state index is 14.1. The van der Waals surface area contributed by atoms with Crippen molar-refractivity contribution in [3.8, 4) is 11.1 Å². The Kier molecular flexibility index (Phi) is 3.69. The van der Waals surface area contributed by atoms with Crippen LogP contribution in [0.4, 0.5) is 8.78 Å². The fourth-order valence-electron chi connectivity index (χ4n) is 2.67. The van der Waals surface area contributed by atoms with E-state index in [0.717, 1.165) is 16.5 Å². The number of aromatic nitrogens is 2. The summed E-state index contributed by atoms with van der Waals surface area (Å²) >= 11 is 0. The van der Waals surface area contributed by atoms with E-state index < -0.39 is 11.6 Å².